The summed E-state index contributed by atoms with van der Waals surface area (Å²) in [4.78, 5) is 10.8. The zero-order chi connectivity index (χ0) is 10.2. The third kappa shape index (κ3) is 1.86. The fraction of sp³-hybridized carbons (Fsp3) is 0.125. The van der Waals surface area contributed by atoms with Gasteiger partial charge in [-0.25, -0.2) is 4.79 Å². The van der Waals surface area contributed by atoms with Gasteiger partial charge in [-0.2, -0.15) is 0 Å². The molecule has 1 aromatic carbocycles. The van der Waals surface area contributed by atoms with Crippen molar-refractivity contribution in [3.8, 4) is 0 Å². The van der Waals surface area contributed by atoms with Gasteiger partial charge in [0, 0.05) is 14.6 Å². The van der Waals surface area contributed by atoms with Crippen molar-refractivity contribution >= 4 is 43.5 Å². The highest BCUT2D eigenvalue weighted by atomic mass is 79.9. The van der Waals surface area contributed by atoms with Gasteiger partial charge < -0.3 is 10.8 Å². The number of carbonyl (C=O) groups is 1. The molecule has 13 heavy (non-hydrogen) atoms. The van der Waals surface area contributed by atoms with E-state index in [-0.39, 0.29) is 5.56 Å². The number of halogens is 2. The molecule has 0 heterocycles. The number of hydrogen-bond donors (Lipinski definition) is 2. The standard InChI is InChI=1S/C8H7Br2NO2/c1-3-6(8(12)13)4(9)2-5(10)7(3)11/h2H,11H2,1H3,(H,12,13). The Morgan fingerprint density at radius 2 is 2.00 bits per heavy atom. The first kappa shape index (κ1) is 10.5. The number of carboxylic acid groups (broad SMARTS) is 1. The summed E-state index contributed by atoms with van der Waals surface area (Å²) in [7, 11) is 0. The van der Waals surface area contributed by atoms with Crippen molar-refractivity contribution < 1.29 is 9.90 Å². The molecule has 0 atom stereocenters. The van der Waals surface area contributed by atoms with Crippen molar-refractivity contribution in [2.24, 2.45) is 0 Å². The van der Waals surface area contributed by atoms with Crippen molar-refractivity contribution in [1.82, 2.24) is 0 Å². The van der Waals surface area contributed by atoms with Crippen LogP contribution in [0.4, 0.5) is 5.69 Å². The SMILES string of the molecule is Cc1c(N)c(Br)cc(Br)c1C(=O)O. The third-order valence-corrected chi connectivity index (χ3v) is 3.02. The van der Waals surface area contributed by atoms with Crippen LogP contribution in [0.5, 0.6) is 0 Å². The van der Waals surface area contributed by atoms with Gasteiger partial charge in [0.25, 0.3) is 0 Å². The predicted molar refractivity (Wildman–Crippen MR) is 58.0 cm³/mol. The minimum Gasteiger partial charge on any atom is -0.478 e. The second kappa shape index (κ2) is 3.67. The normalized spacial score (nSPS) is 10.1. The van der Waals surface area contributed by atoms with Gasteiger partial charge in [-0.3, -0.25) is 0 Å². The molecule has 0 aromatic heterocycles. The number of aromatic carboxylic acids is 1. The monoisotopic (exact) mass is 307 g/mol. The molecule has 0 aliphatic heterocycles. The van der Waals surface area contributed by atoms with E-state index in [1.165, 1.54) is 0 Å². The van der Waals surface area contributed by atoms with E-state index in [9.17, 15) is 4.79 Å². The first-order valence-electron chi connectivity index (χ1n) is 3.42. The quantitative estimate of drug-likeness (QED) is 0.784. The molecule has 0 aliphatic rings. The Balaban J connectivity index is 3.53. The Labute approximate surface area is 92.2 Å². The van der Waals surface area contributed by atoms with E-state index >= 15 is 0 Å². The van der Waals surface area contributed by atoms with Crippen LogP contribution >= 0.6 is 31.9 Å². The van der Waals surface area contributed by atoms with Crippen LogP contribution in [0, 0.1) is 6.92 Å². The summed E-state index contributed by atoms with van der Waals surface area (Å²) in [6, 6.07) is 1.63. The number of benzene rings is 1. The van der Waals surface area contributed by atoms with Gasteiger partial charge in [0.2, 0.25) is 0 Å². The molecule has 3 N–H and O–H groups in total. The lowest BCUT2D eigenvalue weighted by atomic mass is 10.1. The van der Waals surface area contributed by atoms with E-state index in [4.69, 9.17) is 10.8 Å². The minimum absolute atomic E-state index is 0.209. The molecule has 3 nitrogen and oxygen atoms in total. The molecular weight excluding hydrogens is 302 g/mol. The van der Waals surface area contributed by atoms with Crippen molar-refractivity contribution in [3.05, 3.63) is 26.1 Å². The first-order chi connectivity index (χ1) is 5.95. The fourth-order valence-electron chi connectivity index (χ4n) is 1.02. The fourth-order valence-corrected chi connectivity index (χ4v) is 2.55. The molecule has 0 fully saturated rings. The van der Waals surface area contributed by atoms with E-state index in [0.29, 0.717) is 20.2 Å². The van der Waals surface area contributed by atoms with Gasteiger partial charge in [-0.05, 0) is 50.4 Å². The van der Waals surface area contributed by atoms with E-state index in [1.807, 2.05) is 0 Å². The van der Waals surface area contributed by atoms with Crippen molar-refractivity contribution in [3.63, 3.8) is 0 Å². The van der Waals surface area contributed by atoms with E-state index < -0.39 is 5.97 Å². The molecule has 1 rings (SSSR count). The lowest BCUT2D eigenvalue weighted by Crippen LogP contribution is -2.04. The predicted octanol–water partition coefficient (Wildman–Crippen LogP) is 2.80. The zero-order valence-corrected chi connectivity index (χ0v) is 9.94. The van der Waals surface area contributed by atoms with Gasteiger partial charge in [-0.1, -0.05) is 0 Å². The first-order valence-corrected chi connectivity index (χ1v) is 5.01. The number of nitrogen functional groups attached to an aromatic ring is 1. The molecule has 0 saturated heterocycles. The average Bonchev–Trinajstić information content (AvgIpc) is 1.99. The lowest BCUT2D eigenvalue weighted by molar-refractivity contribution is 0.0695. The highest BCUT2D eigenvalue weighted by molar-refractivity contribution is 9.11. The molecule has 0 amide bonds. The maximum Gasteiger partial charge on any atom is 0.337 e. The summed E-state index contributed by atoms with van der Waals surface area (Å²) >= 11 is 6.40. The summed E-state index contributed by atoms with van der Waals surface area (Å²) in [5.74, 6) is -0.983. The smallest absolute Gasteiger partial charge is 0.337 e. The summed E-state index contributed by atoms with van der Waals surface area (Å²) in [6.07, 6.45) is 0. The van der Waals surface area contributed by atoms with E-state index in [0.717, 1.165) is 0 Å². The highest BCUT2D eigenvalue weighted by Crippen LogP contribution is 2.31. The van der Waals surface area contributed by atoms with Crippen LogP contribution in [0.1, 0.15) is 15.9 Å². The van der Waals surface area contributed by atoms with Crippen LogP contribution in [-0.4, -0.2) is 11.1 Å². The molecule has 0 radical (unpaired) electrons. The van der Waals surface area contributed by atoms with Gasteiger partial charge in [0.15, 0.2) is 0 Å². The van der Waals surface area contributed by atoms with Crippen LogP contribution in [0.2, 0.25) is 0 Å². The average molecular weight is 309 g/mol. The largest absolute Gasteiger partial charge is 0.478 e. The third-order valence-electron chi connectivity index (χ3n) is 1.74. The number of carboxylic acids is 1. The Hall–Kier alpha value is -0.550. The number of anilines is 1. The second-order valence-corrected chi connectivity index (χ2v) is 4.27. The minimum atomic E-state index is -0.983. The van der Waals surface area contributed by atoms with Crippen LogP contribution in [-0.2, 0) is 0 Å². The Morgan fingerprint density at radius 3 is 2.46 bits per heavy atom. The van der Waals surface area contributed by atoms with Gasteiger partial charge >= 0.3 is 5.97 Å². The zero-order valence-electron chi connectivity index (χ0n) is 6.77. The highest BCUT2D eigenvalue weighted by Gasteiger charge is 2.15. The summed E-state index contributed by atoms with van der Waals surface area (Å²) in [5, 5.41) is 8.86. The molecular formula is C8H7Br2NO2. The summed E-state index contributed by atoms with van der Waals surface area (Å²) in [6.45, 7) is 1.67. The maximum absolute atomic E-state index is 10.8. The molecule has 0 saturated carbocycles. The van der Waals surface area contributed by atoms with Crippen LogP contribution < -0.4 is 5.73 Å². The lowest BCUT2D eigenvalue weighted by Gasteiger charge is -2.08. The van der Waals surface area contributed by atoms with Crippen LogP contribution in [0.3, 0.4) is 0 Å². The van der Waals surface area contributed by atoms with Gasteiger partial charge in [0.05, 0.1) is 5.56 Å². The number of rotatable bonds is 1. The number of nitrogens with two attached hydrogens (primary N) is 1. The second-order valence-electron chi connectivity index (χ2n) is 2.56. The Kier molecular flexibility index (Phi) is 2.98. The van der Waals surface area contributed by atoms with Crippen molar-refractivity contribution in [2.45, 2.75) is 6.92 Å². The summed E-state index contributed by atoms with van der Waals surface area (Å²) < 4.78 is 1.22. The molecule has 0 unspecified atom stereocenters. The summed E-state index contributed by atoms with van der Waals surface area (Å²) in [5.41, 5.74) is 6.89. The van der Waals surface area contributed by atoms with Gasteiger partial charge in [0.1, 0.15) is 0 Å². The molecule has 1 aromatic rings. The molecule has 5 heteroatoms. The topological polar surface area (TPSA) is 63.3 Å². The number of hydrogen-bond acceptors (Lipinski definition) is 2. The van der Waals surface area contributed by atoms with E-state index in [1.54, 1.807) is 13.0 Å². The van der Waals surface area contributed by atoms with Crippen LogP contribution in [0.15, 0.2) is 15.0 Å². The van der Waals surface area contributed by atoms with E-state index in [2.05, 4.69) is 31.9 Å². The molecule has 70 valence electrons. The van der Waals surface area contributed by atoms with Crippen LogP contribution in [0.25, 0.3) is 0 Å². The maximum atomic E-state index is 10.8. The Bertz CT molecular complexity index is 377. The molecule has 0 bridgehead atoms. The van der Waals surface area contributed by atoms with Crippen molar-refractivity contribution in [1.29, 1.82) is 0 Å². The van der Waals surface area contributed by atoms with Gasteiger partial charge in [-0.15, -0.1) is 0 Å². The Morgan fingerprint density at radius 1 is 1.46 bits per heavy atom. The molecule has 0 spiro atoms. The molecule has 0 aliphatic carbocycles. The van der Waals surface area contributed by atoms with Crippen molar-refractivity contribution in [2.75, 3.05) is 5.73 Å².